The smallest absolute Gasteiger partial charge is 0.428 e. The summed E-state index contributed by atoms with van der Waals surface area (Å²) < 4.78 is 10.6. The van der Waals surface area contributed by atoms with Crippen LogP contribution < -0.4 is 4.74 Å². The zero-order valence-electron chi connectivity index (χ0n) is 16.4. The summed E-state index contributed by atoms with van der Waals surface area (Å²) >= 11 is 0. The van der Waals surface area contributed by atoms with Gasteiger partial charge in [-0.15, -0.1) is 0 Å². The van der Waals surface area contributed by atoms with E-state index in [-0.39, 0.29) is 5.91 Å². The fraction of sp³-hybridized carbons (Fsp3) is 0.524. The van der Waals surface area contributed by atoms with Crippen molar-refractivity contribution >= 4 is 18.1 Å². The molecule has 2 rings (SSSR count). The Kier molecular flexibility index (Phi) is 6.46. The highest BCUT2D eigenvalue weighted by atomic mass is 16.7. The van der Waals surface area contributed by atoms with Gasteiger partial charge in [0.2, 0.25) is 5.91 Å². The Labute approximate surface area is 156 Å². The molecule has 0 saturated carbocycles. The number of carbonyl (C=O) groups is 2. The number of carbonyl (C=O) groups excluding carboxylic acids is 2. The maximum Gasteiger partial charge on any atom is 0.514 e. The quantitative estimate of drug-likeness (QED) is 0.448. The second-order valence-corrected chi connectivity index (χ2v) is 7.76. The van der Waals surface area contributed by atoms with Crippen LogP contribution in [-0.2, 0) is 9.53 Å². The van der Waals surface area contributed by atoms with Gasteiger partial charge < -0.3 is 14.4 Å². The molecule has 142 valence electrons. The molecular formula is C21H29NO4. The molecule has 0 aromatic heterocycles. The summed E-state index contributed by atoms with van der Waals surface area (Å²) in [5.74, 6) is 0.385. The Hall–Kier alpha value is -2.30. The van der Waals surface area contributed by atoms with Gasteiger partial charge in [-0.3, -0.25) is 4.79 Å². The Morgan fingerprint density at radius 2 is 1.65 bits per heavy atom. The summed E-state index contributed by atoms with van der Waals surface area (Å²) in [6.45, 7) is 10.9. The number of benzene rings is 1. The molecule has 1 heterocycles. The number of piperidine rings is 1. The van der Waals surface area contributed by atoms with Crippen molar-refractivity contribution in [1.29, 1.82) is 0 Å². The van der Waals surface area contributed by atoms with E-state index in [0.717, 1.165) is 37.1 Å². The van der Waals surface area contributed by atoms with Gasteiger partial charge in [-0.05, 0) is 83.2 Å². The van der Waals surface area contributed by atoms with Crippen molar-refractivity contribution in [1.82, 2.24) is 4.90 Å². The summed E-state index contributed by atoms with van der Waals surface area (Å²) in [6.07, 6.45) is 5.79. The number of ether oxygens (including phenoxy) is 2. The third-order valence-electron chi connectivity index (χ3n) is 4.28. The fourth-order valence-corrected chi connectivity index (χ4v) is 2.77. The fourth-order valence-electron chi connectivity index (χ4n) is 2.77. The summed E-state index contributed by atoms with van der Waals surface area (Å²) in [6, 6.07) is 3.71. The largest absolute Gasteiger partial charge is 0.514 e. The van der Waals surface area contributed by atoms with E-state index in [2.05, 4.69) is 0 Å². The second-order valence-electron chi connectivity index (χ2n) is 7.76. The molecule has 0 aliphatic carbocycles. The van der Waals surface area contributed by atoms with Crippen LogP contribution in [-0.4, -0.2) is 35.7 Å². The summed E-state index contributed by atoms with van der Waals surface area (Å²) in [7, 11) is 0. The molecule has 0 unspecified atom stereocenters. The van der Waals surface area contributed by atoms with E-state index in [0.29, 0.717) is 11.3 Å². The highest BCUT2D eigenvalue weighted by Gasteiger charge is 2.20. The lowest BCUT2D eigenvalue weighted by Crippen LogP contribution is -2.34. The van der Waals surface area contributed by atoms with Crippen molar-refractivity contribution in [3.05, 3.63) is 34.9 Å². The van der Waals surface area contributed by atoms with Crippen molar-refractivity contribution in [2.75, 3.05) is 13.1 Å². The summed E-state index contributed by atoms with van der Waals surface area (Å²) in [4.78, 5) is 26.2. The lowest BCUT2D eigenvalue weighted by molar-refractivity contribution is -0.126. The lowest BCUT2D eigenvalue weighted by atomic mass is 10.0. The van der Waals surface area contributed by atoms with Gasteiger partial charge in [0, 0.05) is 24.7 Å². The van der Waals surface area contributed by atoms with Crippen LogP contribution in [0, 0.1) is 13.8 Å². The molecule has 0 radical (unpaired) electrons. The molecule has 26 heavy (non-hydrogen) atoms. The summed E-state index contributed by atoms with van der Waals surface area (Å²) in [5.41, 5.74) is 2.12. The van der Waals surface area contributed by atoms with Crippen LogP contribution >= 0.6 is 0 Å². The van der Waals surface area contributed by atoms with Gasteiger partial charge in [0.1, 0.15) is 11.4 Å². The molecule has 1 amide bonds. The van der Waals surface area contributed by atoms with E-state index in [1.54, 1.807) is 39.0 Å². The molecule has 1 fully saturated rings. The molecule has 0 bridgehead atoms. The van der Waals surface area contributed by atoms with Crippen LogP contribution in [0.4, 0.5) is 4.79 Å². The first-order valence-electron chi connectivity index (χ1n) is 9.15. The first-order chi connectivity index (χ1) is 12.2. The molecule has 1 aromatic carbocycles. The van der Waals surface area contributed by atoms with Gasteiger partial charge >= 0.3 is 6.16 Å². The minimum atomic E-state index is -0.752. The van der Waals surface area contributed by atoms with Crippen molar-refractivity contribution in [3.63, 3.8) is 0 Å². The molecule has 0 N–H and O–H groups in total. The van der Waals surface area contributed by atoms with Gasteiger partial charge in [0.05, 0.1) is 0 Å². The highest BCUT2D eigenvalue weighted by Crippen LogP contribution is 2.26. The Bertz CT molecular complexity index is 695. The molecular weight excluding hydrogens is 330 g/mol. The maximum absolute atomic E-state index is 12.4. The molecule has 1 aliphatic rings. The molecule has 1 saturated heterocycles. The monoisotopic (exact) mass is 359 g/mol. The number of amides is 1. The van der Waals surface area contributed by atoms with Crippen LogP contribution in [0.3, 0.4) is 0 Å². The number of aryl methyl sites for hydroxylation is 2. The highest BCUT2D eigenvalue weighted by molar-refractivity contribution is 5.92. The van der Waals surface area contributed by atoms with Gasteiger partial charge in [-0.25, -0.2) is 4.79 Å². The molecule has 0 atom stereocenters. The van der Waals surface area contributed by atoms with Crippen molar-refractivity contribution < 1.29 is 19.1 Å². The van der Waals surface area contributed by atoms with Crippen LogP contribution in [0.25, 0.3) is 6.08 Å². The Balaban J connectivity index is 2.18. The van der Waals surface area contributed by atoms with E-state index in [1.807, 2.05) is 24.8 Å². The zero-order chi connectivity index (χ0) is 19.3. The van der Waals surface area contributed by atoms with Gasteiger partial charge in [0.25, 0.3) is 0 Å². The first-order valence-corrected chi connectivity index (χ1v) is 9.15. The van der Waals surface area contributed by atoms with E-state index in [9.17, 15) is 9.59 Å². The van der Waals surface area contributed by atoms with E-state index >= 15 is 0 Å². The number of nitrogens with zero attached hydrogens (tertiary/aromatic N) is 1. The van der Waals surface area contributed by atoms with Gasteiger partial charge in [-0.2, -0.15) is 0 Å². The number of rotatable bonds is 3. The zero-order valence-corrected chi connectivity index (χ0v) is 16.4. The lowest BCUT2D eigenvalue weighted by Gasteiger charge is -2.25. The Morgan fingerprint density at radius 3 is 2.27 bits per heavy atom. The second kappa shape index (κ2) is 8.39. The Morgan fingerprint density at radius 1 is 1.04 bits per heavy atom. The molecule has 0 spiro atoms. The number of hydrogen-bond donors (Lipinski definition) is 0. The SMILES string of the molecule is Cc1cc(/C=C/C(=O)N2CCCCC2)c(OC(=O)OC(C)(C)C)cc1C. The predicted molar refractivity (Wildman–Crippen MR) is 102 cm³/mol. The minimum Gasteiger partial charge on any atom is -0.428 e. The third-order valence-corrected chi connectivity index (χ3v) is 4.28. The topological polar surface area (TPSA) is 55.8 Å². The molecule has 5 heteroatoms. The first kappa shape index (κ1) is 20.0. The van der Waals surface area contributed by atoms with Crippen LogP contribution in [0.5, 0.6) is 5.75 Å². The van der Waals surface area contributed by atoms with Crippen molar-refractivity contribution in [2.45, 2.75) is 59.5 Å². The average Bonchev–Trinajstić information content (AvgIpc) is 2.55. The standard InChI is InChI=1S/C21H29NO4/c1-15-13-17(9-10-19(23)22-11-7-6-8-12-22)18(14-16(15)2)25-20(24)26-21(3,4)5/h9-10,13-14H,6-8,11-12H2,1-5H3/b10-9+. The predicted octanol–water partition coefficient (Wildman–Crippen LogP) is 4.64. The van der Waals surface area contributed by atoms with Crippen molar-refractivity contribution in [2.24, 2.45) is 0 Å². The van der Waals surface area contributed by atoms with Gasteiger partial charge in [-0.1, -0.05) is 0 Å². The number of hydrogen-bond acceptors (Lipinski definition) is 4. The van der Waals surface area contributed by atoms with E-state index in [4.69, 9.17) is 9.47 Å². The minimum absolute atomic E-state index is 0.00820. The normalized spacial score (nSPS) is 15.2. The summed E-state index contributed by atoms with van der Waals surface area (Å²) in [5, 5.41) is 0. The third kappa shape index (κ3) is 5.90. The average molecular weight is 359 g/mol. The molecule has 5 nitrogen and oxygen atoms in total. The van der Waals surface area contributed by atoms with Gasteiger partial charge in [0.15, 0.2) is 0 Å². The molecule has 1 aliphatic heterocycles. The van der Waals surface area contributed by atoms with Crippen LogP contribution in [0.15, 0.2) is 18.2 Å². The molecule has 1 aromatic rings. The van der Waals surface area contributed by atoms with Crippen LogP contribution in [0.2, 0.25) is 0 Å². The van der Waals surface area contributed by atoms with E-state index < -0.39 is 11.8 Å². The van der Waals surface area contributed by atoms with Crippen molar-refractivity contribution in [3.8, 4) is 5.75 Å². The number of likely N-dealkylation sites (tertiary alicyclic amines) is 1. The van der Waals surface area contributed by atoms with Crippen LogP contribution in [0.1, 0.15) is 56.7 Å². The maximum atomic E-state index is 12.4. The van der Waals surface area contributed by atoms with E-state index in [1.165, 1.54) is 6.42 Å².